The van der Waals surface area contributed by atoms with Gasteiger partial charge in [0.25, 0.3) is 0 Å². The quantitative estimate of drug-likeness (QED) is 0.594. The summed E-state index contributed by atoms with van der Waals surface area (Å²) in [5.74, 6) is -0.417. The van der Waals surface area contributed by atoms with E-state index in [4.69, 9.17) is 0 Å². The van der Waals surface area contributed by atoms with E-state index in [2.05, 4.69) is 5.32 Å². The van der Waals surface area contributed by atoms with Crippen molar-refractivity contribution < 1.29 is 18.0 Å². The molecule has 0 aromatic heterocycles. The largest absolute Gasteiger partial charge is 0.334 e. The van der Waals surface area contributed by atoms with Gasteiger partial charge in [0.1, 0.15) is 0 Å². The van der Waals surface area contributed by atoms with Gasteiger partial charge in [0.15, 0.2) is 9.84 Å². The van der Waals surface area contributed by atoms with E-state index in [0.717, 1.165) is 0 Å². The Kier molecular flexibility index (Phi) is 3.10. The second kappa shape index (κ2) is 3.95. The molecule has 1 saturated heterocycles. The zero-order valence-corrected chi connectivity index (χ0v) is 8.56. The lowest BCUT2D eigenvalue weighted by Gasteiger charge is -2.09. The number of nitrogens with one attached hydrogen (secondary N) is 2. The molecule has 2 N–H and O–H groups in total. The van der Waals surface area contributed by atoms with Crippen LogP contribution in [0.25, 0.3) is 0 Å². The molecular weight excluding hydrogens is 208 g/mol. The molecule has 0 saturated carbocycles. The third-order valence-electron chi connectivity index (χ3n) is 1.86. The maximum absolute atomic E-state index is 11.0. The summed E-state index contributed by atoms with van der Waals surface area (Å²) in [5.41, 5.74) is 0. The highest BCUT2D eigenvalue weighted by atomic mass is 32.2. The molecule has 1 aliphatic heterocycles. The first-order chi connectivity index (χ1) is 6.39. The fourth-order valence-electron chi connectivity index (χ4n) is 1.29. The second-order valence-electron chi connectivity index (χ2n) is 3.25. The van der Waals surface area contributed by atoms with Crippen molar-refractivity contribution >= 4 is 21.8 Å². The van der Waals surface area contributed by atoms with E-state index >= 15 is 0 Å². The van der Waals surface area contributed by atoms with E-state index in [1.807, 2.05) is 5.32 Å². The normalized spacial score (nSPS) is 24.2. The topological polar surface area (TPSA) is 92.3 Å². The molecule has 0 aromatic carbocycles. The van der Waals surface area contributed by atoms with Crippen LogP contribution in [0.5, 0.6) is 0 Å². The van der Waals surface area contributed by atoms with E-state index in [1.54, 1.807) is 0 Å². The van der Waals surface area contributed by atoms with E-state index in [1.165, 1.54) is 6.92 Å². The number of urea groups is 1. The molecule has 1 rings (SSSR count). The van der Waals surface area contributed by atoms with E-state index in [-0.39, 0.29) is 17.5 Å². The minimum Gasteiger partial charge on any atom is -0.334 e. The molecule has 3 amide bonds. The van der Waals surface area contributed by atoms with Crippen LogP contribution < -0.4 is 10.6 Å². The molecule has 0 bridgehead atoms. The molecule has 0 spiro atoms. The summed E-state index contributed by atoms with van der Waals surface area (Å²) in [6.45, 7) is 1.21. The van der Waals surface area contributed by atoms with E-state index in [0.29, 0.717) is 6.42 Å². The average molecular weight is 220 g/mol. The first-order valence-electron chi connectivity index (χ1n) is 4.17. The van der Waals surface area contributed by atoms with E-state index < -0.39 is 21.8 Å². The highest BCUT2D eigenvalue weighted by molar-refractivity contribution is 7.91. The molecule has 0 radical (unpaired) electrons. The Morgan fingerprint density at radius 1 is 1.36 bits per heavy atom. The number of imide groups is 1. The first kappa shape index (κ1) is 11.0. The van der Waals surface area contributed by atoms with Gasteiger partial charge in [-0.3, -0.25) is 10.1 Å². The average Bonchev–Trinajstić information content (AvgIpc) is 2.27. The SMILES string of the molecule is CC(=O)NC(=O)N[C@H]1CCS(=O)(=O)C1. The van der Waals surface area contributed by atoms with Gasteiger partial charge < -0.3 is 5.32 Å². The van der Waals surface area contributed by atoms with Crippen LogP contribution in [-0.2, 0) is 14.6 Å². The Balaban J connectivity index is 2.40. The zero-order valence-electron chi connectivity index (χ0n) is 7.74. The lowest BCUT2D eigenvalue weighted by Crippen LogP contribution is -2.44. The number of hydrogen-bond acceptors (Lipinski definition) is 4. The van der Waals surface area contributed by atoms with Crippen molar-refractivity contribution in [3.05, 3.63) is 0 Å². The molecule has 1 atom stereocenters. The molecule has 0 aliphatic carbocycles. The minimum absolute atomic E-state index is 0.0433. The summed E-state index contributed by atoms with van der Waals surface area (Å²) < 4.78 is 22.0. The Morgan fingerprint density at radius 2 is 2.00 bits per heavy atom. The van der Waals surface area contributed by atoms with Crippen molar-refractivity contribution in [2.45, 2.75) is 19.4 Å². The predicted molar refractivity (Wildman–Crippen MR) is 49.4 cm³/mol. The van der Waals surface area contributed by atoms with Crippen molar-refractivity contribution in [2.24, 2.45) is 0 Å². The van der Waals surface area contributed by atoms with Gasteiger partial charge in [0, 0.05) is 13.0 Å². The lowest BCUT2D eigenvalue weighted by molar-refractivity contribution is -0.117. The van der Waals surface area contributed by atoms with Gasteiger partial charge >= 0.3 is 6.03 Å². The Hall–Kier alpha value is -1.11. The van der Waals surface area contributed by atoms with Crippen molar-refractivity contribution in [1.82, 2.24) is 10.6 Å². The number of carbonyl (C=O) groups is 2. The summed E-state index contributed by atoms with van der Waals surface area (Å²) in [6.07, 6.45) is 0.410. The monoisotopic (exact) mass is 220 g/mol. The first-order valence-corrected chi connectivity index (χ1v) is 6.00. The predicted octanol–water partition coefficient (Wildman–Crippen LogP) is -0.981. The molecule has 14 heavy (non-hydrogen) atoms. The number of rotatable bonds is 1. The summed E-state index contributed by atoms with van der Waals surface area (Å²) >= 11 is 0. The van der Waals surface area contributed by atoms with Gasteiger partial charge in [-0.15, -0.1) is 0 Å². The van der Waals surface area contributed by atoms with Gasteiger partial charge in [-0.05, 0) is 6.42 Å². The van der Waals surface area contributed by atoms with Crippen LogP contribution in [0.15, 0.2) is 0 Å². The minimum atomic E-state index is -3.00. The summed E-state index contributed by atoms with van der Waals surface area (Å²) in [7, 11) is -3.00. The smallest absolute Gasteiger partial charge is 0.321 e. The summed E-state index contributed by atoms with van der Waals surface area (Å²) in [6, 6.07) is -1.01. The van der Waals surface area contributed by atoms with Crippen LogP contribution in [0.3, 0.4) is 0 Å². The molecule has 80 valence electrons. The standard InChI is InChI=1S/C7H12N2O4S/c1-5(10)8-7(11)9-6-2-3-14(12,13)4-6/h6H,2-4H2,1H3,(H2,8,9,10,11)/t6-/m0/s1. The maximum atomic E-state index is 11.0. The van der Waals surface area contributed by atoms with Crippen LogP contribution >= 0.6 is 0 Å². The third kappa shape index (κ3) is 3.33. The molecule has 1 heterocycles. The van der Waals surface area contributed by atoms with Crippen LogP contribution in [0.1, 0.15) is 13.3 Å². The van der Waals surface area contributed by atoms with E-state index in [9.17, 15) is 18.0 Å². The Labute approximate surface area is 82.0 Å². The molecule has 7 heteroatoms. The zero-order chi connectivity index (χ0) is 10.8. The fraction of sp³-hybridized carbons (Fsp3) is 0.714. The van der Waals surface area contributed by atoms with Gasteiger partial charge in [-0.2, -0.15) is 0 Å². The Morgan fingerprint density at radius 3 is 2.43 bits per heavy atom. The van der Waals surface area contributed by atoms with Crippen LogP contribution in [0.2, 0.25) is 0 Å². The molecule has 0 aromatic rings. The van der Waals surface area contributed by atoms with Gasteiger partial charge in [0.2, 0.25) is 5.91 Å². The van der Waals surface area contributed by atoms with Gasteiger partial charge in [0.05, 0.1) is 11.5 Å². The highest BCUT2D eigenvalue weighted by Gasteiger charge is 2.28. The van der Waals surface area contributed by atoms with Crippen LogP contribution in [-0.4, -0.2) is 37.9 Å². The highest BCUT2D eigenvalue weighted by Crippen LogP contribution is 2.10. The van der Waals surface area contributed by atoms with Gasteiger partial charge in [-0.1, -0.05) is 0 Å². The van der Waals surface area contributed by atoms with Crippen molar-refractivity contribution in [1.29, 1.82) is 0 Å². The van der Waals surface area contributed by atoms with Gasteiger partial charge in [-0.25, -0.2) is 13.2 Å². The molecular formula is C7H12N2O4S. The fourth-order valence-corrected chi connectivity index (χ4v) is 2.96. The maximum Gasteiger partial charge on any atom is 0.321 e. The summed E-state index contributed by atoms with van der Waals surface area (Å²) in [4.78, 5) is 21.4. The Bertz CT molecular complexity index is 349. The number of amides is 3. The van der Waals surface area contributed by atoms with Crippen molar-refractivity contribution in [3.63, 3.8) is 0 Å². The molecule has 0 unspecified atom stereocenters. The number of carbonyl (C=O) groups excluding carboxylic acids is 2. The van der Waals surface area contributed by atoms with Crippen LogP contribution in [0.4, 0.5) is 4.79 Å². The van der Waals surface area contributed by atoms with Crippen molar-refractivity contribution in [3.8, 4) is 0 Å². The number of sulfone groups is 1. The summed E-state index contributed by atoms with van der Waals surface area (Å²) in [5, 5.41) is 4.43. The van der Waals surface area contributed by atoms with Crippen molar-refractivity contribution in [2.75, 3.05) is 11.5 Å². The molecule has 6 nitrogen and oxygen atoms in total. The van der Waals surface area contributed by atoms with Crippen LogP contribution in [0, 0.1) is 0 Å². The third-order valence-corrected chi connectivity index (χ3v) is 3.63. The second-order valence-corrected chi connectivity index (χ2v) is 5.48. The molecule has 1 aliphatic rings. The lowest BCUT2D eigenvalue weighted by atomic mass is 10.3. The number of hydrogen-bond donors (Lipinski definition) is 2. The molecule has 1 fully saturated rings.